The van der Waals surface area contributed by atoms with Gasteiger partial charge < -0.3 is 5.32 Å². The van der Waals surface area contributed by atoms with E-state index in [0.29, 0.717) is 17.1 Å². The van der Waals surface area contributed by atoms with Crippen LogP contribution >= 0.6 is 11.6 Å². The lowest BCUT2D eigenvalue weighted by Crippen LogP contribution is -2.03. The lowest BCUT2D eigenvalue weighted by atomic mass is 10.2. The van der Waals surface area contributed by atoms with E-state index in [4.69, 9.17) is 16.9 Å². The van der Waals surface area contributed by atoms with Gasteiger partial charge in [0.1, 0.15) is 6.07 Å². The number of benzene rings is 1. The van der Waals surface area contributed by atoms with Gasteiger partial charge in [0.2, 0.25) is 0 Å². The molecule has 0 atom stereocenters. The van der Waals surface area contributed by atoms with Crippen molar-refractivity contribution >= 4 is 17.3 Å². The minimum atomic E-state index is 0.554. The smallest absolute Gasteiger partial charge is 0.101 e. The first-order valence-corrected chi connectivity index (χ1v) is 4.59. The maximum Gasteiger partial charge on any atom is 0.101 e. The summed E-state index contributed by atoms with van der Waals surface area (Å²) in [5, 5.41) is 12.5. The topological polar surface area (TPSA) is 35.8 Å². The molecule has 1 N–H and O–H groups in total. The summed E-state index contributed by atoms with van der Waals surface area (Å²) in [7, 11) is 0. The molecule has 3 heteroatoms. The monoisotopic (exact) mass is 206 g/mol. The fraction of sp³-hybridized carbons (Fsp3) is 0.182. The number of halogens is 1. The summed E-state index contributed by atoms with van der Waals surface area (Å²) in [4.78, 5) is 0. The van der Waals surface area contributed by atoms with Crippen molar-refractivity contribution < 1.29 is 0 Å². The van der Waals surface area contributed by atoms with Crippen molar-refractivity contribution in [2.24, 2.45) is 0 Å². The number of nitrogens with one attached hydrogen (secondary N) is 1. The van der Waals surface area contributed by atoms with Crippen LogP contribution in [0.4, 0.5) is 5.69 Å². The summed E-state index contributed by atoms with van der Waals surface area (Å²) >= 11 is 5.76. The van der Waals surface area contributed by atoms with Gasteiger partial charge in [0.05, 0.1) is 11.3 Å². The van der Waals surface area contributed by atoms with E-state index in [0.717, 1.165) is 11.3 Å². The van der Waals surface area contributed by atoms with Gasteiger partial charge in [0.25, 0.3) is 0 Å². The predicted molar refractivity (Wildman–Crippen MR) is 59.5 cm³/mol. The Morgan fingerprint density at radius 2 is 2.36 bits per heavy atom. The van der Waals surface area contributed by atoms with Gasteiger partial charge in [0.15, 0.2) is 0 Å². The zero-order valence-corrected chi connectivity index (χ0v) is 8.73. The first kappa shape index (κ1) is 10.6. The highest BCUT2D eigenvalue weighted by molar-refractivity contribution is 6.30. The molecule has 72 valence electrons. The Morgan fingerprint density at radius 3 is 2.93 bits per heavy atom. The molecule has 0 aromatic heterocycles. The van der Waals surface area contributed by atoms with Crippen molar-refractivity contribution in [1.29, 1.82) is 5.26 Å². The van der Waals surface area contributed by atoms with Gasteiger partial charge in [0, 0.05) is 11.6 Å². The van der Waals surface area contributed by atoms with Crippen molar-refractivity contribution in [2.75, 3.05) is 11.9 Å². The normalized spacial score (nSPS) is 9.21. The van der Waals surface area contributed by atoms with E-state index in [2.05, 4.69) is 18.0 Å². The molecule has 1 rings (SSSR count). The van der Waals surface area contributed by atoms with Gasteiger partial charge in [-0.05, 0) is 25.1 Å². The standard InChI is InChI=1S/C11H11ClN2/c1-8(2)7-14-11-4-3-10(12)5-9(11)6-13/h3-5,14H,1,7H2,2H3. The Morgan fingerprint density at radius 1 is 1.64 bits per heavy atom. The van der Waals surface area contributed by atoms with Crippen LogP contribution in [0, 0.1) is 11.3 Å². The molecular weight excluding hydrogens is 196 g/mol. The summed E-state index contributed by atoms with van der Waals surface area (Å²) in [6.45, 7) is 6.36. The minimum Gasteiger partial charge on any atom is -0.380 e. The molecule has 0 heterocycles. The zero-order chi connectivity index (χ0) is 10.6. The molecule has 0 aliphatic heterocycles. The van der Waals surface area contributed by atoms with Crippen molar-refractivity contribution in [3.63, 3.8) is 0 Å². The summed E-state index contributed by atoms with van der Waals surface area (Å²) in [6.07, 6.45) is 0. The molecule has 2 nitrogen and oxygen atoms in total. The average molecular weight is 207 g/mol. The molecule has 0 amide bonds. The van der Waals surface area contributed by atoms with Crippen molar-refractivity contribution in [3.8, 4) is 6.07 Å². The summed E-state index contributed by atoms with van der Waals surface area (Å²) in [6, 6.07) is 7.27. The number of nitriles is 1. The Hall–Kier alpha value is -1.46. The van der Waals surface area contributed by atoms with E-state index < -0.39 is 0 Å². The number of rotatable bonds is 3. The zero-order valence-electron chi connectivity index (χ0n) is 7.97. The third kappa shape index (κ3) is 2.79. The number of nitrogens with zero attached hydrogens (tertiary/aromatic N) is 1. The molecule has 0 bridgehead atoms. The molecule has 0 saturated heterocycles. The van der Waals surface area contributed by atoms with Crippen LogP contribution in [0.3, 0.4) is 0 Å². The molecule has 0 spiro atoms. The summed E-state index contributed by atoms with van der Waals surface area (Å²) in [5.74, 6) is 0. The highest BCUT2D eigenvalue weighted by Crippen LogP contribution is 2.19. The fourth-order valence-corrected chi connectivity index (χ4v) is 1.18. The molecule has 0 radical (unpaired) electrons. The molecule has 1 aromatic rings. The molecule has 1 aromatic carbocycles. The Kier molecular flexibility index (Phi) is 3.55. The van der Waals surface area contributed by atoms with Crippen LogP contribution in [0.5, 0.6) is 0 Å². The highest BCUT2D eigenvalue weighted by Gasteiger charge is 2.01. The third-order valence-corrected chi connectivity index (χ3v) is 1.92. The second-order valence-corrected chi connectivity index (χ2v) is 3.55. The number of hydrogen-bond donors (Lipinski definition) is 1. The van der Waals surface area contributed by atoms with Crippen molar-refractivity contribution in [2.45, 2.75) is 6.92 Å². The lowest BCUT2D eigenvalue weighted by Gasteiger charge is -2.07. The van der Waals surface area contributed by atoms with Gasteiger partial charge in [-0.3, -0.25) is 0 Å². The Balaban J connectivity index is 2.87. The van der Waals surface area contributed by atoms with E-state index in [1.165, 1.54) is 0 Å². The lowest BCUT2D eigenvalue weighted by molar-refractivity contribution is 1.21. The molecule has 14 heavy (non-hydrogen) atoms. The molecular formula is C11H11ClN2. The number of anilines is 1. The first-order valence-electron chi connectivity index (χ1n) is 4.21. The maximum absolute atomic E-state index is 8.84. The quantitative estimate of drug-likeness (QED) is 0.771. The van der Waals surface area contributed by atoms with E-state index in [-0.39, 0.29) is 0 Å². The van der Waals surface area contributed by atoms with Gasteiger partial charge >= 0.3 is 0 Å². The van der Waals surface area contributed by atoms with Crippen LogP contribution in [0.25, 0.3) is 0 Å². The molecule has 0 fully saturated rings. The third-order valence-electron chi connectivity index (χ3n) is 1.68. The second kappa shape index (κ2) is 4.69. The van der Waals surface area contributed by atoms with Crippen LogP contribution in [-0.2, 0) is 0 Å². The first-order chi connectivity index (χ1) is 6.63. The summed E-state index contributed by atoms with van der Waals surface area (Å²) < 4.78 is 0. The van der Waals surface area contributed by atoms with E-state index in [1.54, 1.807) is 18.2 Å². The molecule has 0 unspecified atom stereocenters. The number of hydrogen-bond acceptors (Lipinski definition) is 2. The van der Waals surface area contributed by atoms with Crippen molar-refractivity contribution in [3.05, 3.63) is 40.9 Å². The SMILES string of the molecule is C=C(C)CNc1ccc(Cl)cc1C#N. The minimum absolute atomic E-state index is 0.554. The van der Waals surface area contributed by atoms with Crippen LogP contribution in [0.15, 0.2) is 30.4 Å². The highest BCUT2D eigenvalue weighted by atomic mass is 35.5. The van der Waals surface area contributed by atoms with Crippen molar-refractivity contribution in [1.82, 2.24) is 0 Å². The molecule has 0 aliphatic carbocycles. The van der Waals surface area contributed by atoms with Crippen LogP contribution in [-0.4, -0.2) is 6.54 Å². The average Bonchev–Trinajstić information content (AvgIpc) is 2.15. The Labute approximate surface area is 88.8 Å². The maximum atomic E-state index is 8.84. The fourth-order valence-electron chi connectivity index (χ4n) is 1.01. The molecule has 0 aliphatic rings. The Bertz CT molecular complexity index is 391. The van der Waals surface area contributed by atoms with Gasteiger partial charge in [-0.25, -0.2) is 0 Å². The van der Waals surface area contributed by atoms with E-state index in [9.17, 15) is 0 Å². The van der Waals surface area contributed by atoms with Crippen LogP contribution < -0.4 is 5.32 Å². The van der Waals surface area contributed by atoms with Gasteiger partial charge in [-0.15, -0.1) is 0 Å². The van der Waals surface area contributed by atoms with E-state index >= 15 is 0 Å². The van der Waals surface area contributed by atoms with E-state index in [1.807, 2.05) is 6.92 Å². The molecule has 0 saturated carbocycles. The second-order valence-electron chi connectivity index (χ2n) is 3.11. The summed E-state index contributed by atoms with van der Waals surface area (Å²) in [5.41, 5.74) is 2.36. The predicted octanol–water partition coefficient (Wildman–Crippen LogP) is 3.20. The van der Waals surface area contributed by atoms with Gasteiger partial charge in [-0.2, -0.15) is 5.26 Å². The van der Waals surface area contributed by atoms with Gasteiger partial charge in [-0.1, -0.05) is 23.8 Å². The largest absolute Gasteiger partial charge is 0.380 e. The van der Waals surface area contributed by atoms with Crippen LogP contribution in [0.2, 0.25) is 5.02 Å². The van der Waals surface area contributed by atoms with Crippen LogP contribution in [0.1, 0.15) is 12.5 Å².